The van der Waals surface area contributed by atoms with Crippen LogP contribution in [0.4, 0.5) is 0 Å². The Bertz CT molecular complexity index is 172. The number of nitrogens with two attached hydrogens (primary N) is 1. The molecule has 0 aromatic rings. The van der Waals surface area contributed by atoms with Gasteiger partial charge in [-0.05, 0) is 12.8 Å². The SMILES string of the molecule is CCC(CC)S(=O)(=O)NN. The van der Waals surface area contributed by atoms with Crippen molar-refractivity contribution in [3.05, 3.63) is 0 Å². The molecule has 0 aliphatic carbocycles. The van der Waals surface area contributed by atoms with Crippen LogP contribution in [0.25, 0.3) is 0 Å². The lowest BCUT2D eigenvalue weighted by atomic mass is 10.3. The van der Waals surface area contributed by atoms with Crippen molar-refractivity contribution < 1.29 is 8.42 Å². The van der Waals surface area contributed by atoms with E-state index in [9.17, 15) is 8.42 Å². The van der Waals surface area contributed by atoms with Gasteiger partial charge in [-0.15, -0.1) is 0 Å². The molecule has 0 radical (unpaired) electrons. The molecule has 0 unspecified atom stereocenters. The van der Waals surface area contributed by atoms with Crippen molar-refractivity contribution in [2.75, 3.05) is 0 Å². The van der Waals surface area contributed by atoms with Gasteiger partial charge in [0.1, 0.15) is 0 Å². The Kier molecular flexibility index (Phi) is 3.85. The minimum absolute atomic E-state index is 0.350. The van der Waals surface area contributed by atoms with Crippen LogP contribution in [0.15, 0.2) is 0 Å². The quantitative estimate of drug-likeness (QED) is 0.455. The van der Waals surface area contributed by atoms with E-state index in [-0.39, 0.29) is 5.25 Å². The highest BCUT2D eigenvalue weighted by Crippen LogP contribution is 2.06. The van der Waals surface area contributed by atoms with E-state index in [4.69, 9.17) is 5.84 Å². The second-order valence-electron chi connectivity index (χ2n) is 2.10. The summed E-state index contributed by atoms with van der Waals surface area (Å²) >= 11 is 0. The fourth-order valence-corrected chi connectivity index (χ4v) is 1.89. The number of hydrazine groups is 1. The maximum atomic E-state index is 10.9. The number of hydrogen-bond acceptors (Lipinski definition) is 3. The van der Waals surface area contributed by atoms with Gasteiger partial charge in [-0.1, -0.05) is 13.8 Å². The highest BCUT2D eigenvalue weighted by atomic mass is 32.2. The van der Waals surface area contributed by atoms with E-state index in [1.54, 1.807) is 0 Å². The lowest BCUT2D eigenvalue weighted by Gasteiger charge is -2.10. The Hall–Kier alpha value is -0.130. The zero-order valence-corrected chi connectivity index (χ0v) is 7.11. The molecule has 5 heteroatoms. The van der Waals surface area contributed by atoms with E-state index in [1.165, 1.54) is 0 Å². The molecule has 0 fully saturated rings. The first kappa shape index (κ1) is 9.87. The summed E-state index contributed by atoms with van der Waals surface area (Å²) in [5.74, 6) is 4.82. The second kappa shape index (κ2) is 3.90. The van der Waals surface area contributed by atoms with Crippen LogP contribution >= 0.6 is 0 Å². The molecule has 0 aromatic carbocycles. The largest absolute Gasteiger partial charge is 0.258 e. The Labute approximate surface area is 61.8 Å². The summed E-state index contributed by atoms with van der Waals surface area (Å²) in [7, 11) is -3.23. The van der Waals surface area contributed by atoms with Gasteiger partial charge in [-0.2, -0.15) is 4.83 Å². The molecule has 0 saturated carbocycles. The molecule has 0 amide bonds. The summed E-state index contributed by atoms with van der Waals surface area (Å²) in [4.78, 5) is 1.82. The van der Waals surface area contributed by atoms with Crippen molar-refractivity contribution in [2.24, 2.45) is 5.84 Å². The number of sulfonamides is 1. The van der Waals surface area contributed by atoms with E-state index >= 15 is 0 Å². The van der Waals surface area contributed by atoms with Crippen molar-refractivity contribution in [3.8, 4) is 0 Å². The number of hydrogen-bond donors (Lipinski definition) is 2. The third kappa shape index (κ3) is 2.24. The lowest BCUT2D eigenvalue weighted by molar-refractivity contribution is 0.559. The molecule has 0 aliphatic rings. The molecule has 0 rings (SSSR count). The van der Waals surface area contributed by atoms with Gasteiger partial charge in [0.25, 0.3) is 0 Å². The first-order valence-corrected chi connectivity index (χ1v) is 4.84. The number of rotatable bonds is 4. The van der Waals surface area contributed by atoms with Gasteiger partial charge in [0.2, 0.25) is 10.0 Å². The molecule has 3 N–H and O–H groups in total. The summed E-state index contributed by atoms with van der Waals surface area (Å²) in [6.45, 7) is 3.64. The highest BCUT2D eigenvalue weighted by Gasteiger charge is 2.19. The average molecular weight is 166 g/mol. The molecule has 0 bridgehead atoms. The smallest absolute Gasteiger partial charge is 0.226 e. The molecule has 0 saturated heterocycles. The molecule has 10 heavy (non-hydrogen) atoms. The van der Waals surface area contributed by atoms with Crippen LogP contribution in [-0.2, 0) is 10.0 Å². The lowest BCUT2D eigenvalue weighted by Crippen LogP contribution is -2.38. The van der Waals surface area contributed by atoms with Crippen molar-refractivity contribution in [1.29, 1.82) is 0 Å². The molecule has 0 atom stereocenters. The first-order chi connectivity index (χ1) is 4.58. The summed E-state index contributed by atoms with van der Waals surface area (Å²) in [6, 6.07) is 0. The topological polar surface area (TPSA) is 72.2 Å². The summed E-state index contributed by atoms with van der Waals surface area (Å²) in [5, 5.41) is -0.350. The maximum Gasteiger partial charge on any atom is 0.226 e. The fraction of sp³-hybridized carbons (Fsp3) is 1.00. The van der Waals surface area contributed by atoms with Crippen LogP contribution in [0, 0.1) is 0 Å². The van der Waals surface area contributed by atoms with Crippen LogP contribution in [0.1, 0.15) is 26.7 Å². The van der Waals surface area contributed by atoms with Crippen molar-refractivity contribution >= 4 is 10.0 Å². The third-order valence-electron chi connectivity index (χ3n) is 1.51. The highest BCUT2D eigenvalue weighted by molar-refractivity contribution is 7.90. The van der Waals surface area contributed by atoms with Crippen LogP contribution in [0.3, 0.4) is 0 Å². The van der Waals surface area contributed by atoms with Gasteiger partial charge in [-0.3, -0.25) is 5.84 Å². The fourth-order valence-electron chi connectivity index (χ4n) is 0.824. The van der Waals surface area contributed by atoms with Crippen LogP contribution in [-0.4, -0.2) is 13.7 Å². The Balaban J connectivity index is 4.28. The predicted octanol–water partition coefficient (Wildman–Crippen LogP) is -0.0319. The second-order valence-corrected chi connectivity index (χ2v) is 4.09. The van der Waals surface area contributed by atoms with E-state index in [0.29, 0.717) is 12.8 Å². The molecule has 0 spiro atoms. The van der Waals surface area contributed by atoms with Gasteiger partial charge in [0.15, 0.2) is 0 Å². The van der Waals surface area contributed by atoms with E-state index in [1.807, 2.05) is 18.7 Å². The van der Waals surface area contributed by atoms with E-state index in [0.717, 1.165) is 0 Å². The normalized spacial score (nSPS) is 12.4. The molecular weight excluding hydrogens is 152 g/mol. The van der Waals surface area contributed by atoms with E-state index in [2.05, 4.69) is 0 Å². The van der Waals surface area contributed by atoms with Gasteiger partial charge >= 0.3 is 0 Å². The minimum Gasteiger partial charge on any atom is -0.258 e. The molecule has 0 aromatic heterocycles. The molecule has 0 heterocycles. The van der Waals surface area contributed by atoms with Crippen molar-refractivity contribution in [3.63, 3.8) is 0 Å². The van der Waals surface area contributed by atoms with Gasteiger partial charge < -0.3 is 0 Å². The molecule has 62 valence electrons. The van der Waals surface area contributed by atoms with Crippen LogP contribution < -0.4 is 10.7 Å². The van der Waals surface area contributed by atoms with E-state index < -0.39 is 10.0 Å². The van der Waals surface area contributed by atoms with Gasteiger partial charge in [-0.25, -0.2) is 8.42 Å². The molecular formula is C5H14N2O2S. The van der Waals surface area contributed by atoms with Crippen LogP contribution in [0.2, 0.25) is 0 Å². The Morgan fingerprint density at radius 1 is 1.40 bits per heavy atom. The van der Waals surface area contributed by atoms with Gasteiger partial charge in [0, 0.05) is 0 Å². The first-order valence-electron chi connectivity index (χ1n) is 3.29. The zero-order valence-electron chi connectivity index (χ0n) is 6.29. The average Bonchev–Trinajstić information content (AvgIpc) is 1.90. The van der Waals surface area contributed by atoms with Crippen molar-refractivity contribution in [2.45, 2.75) is 31.9 Å². The Morgan fingerprint density at radius 3 is 1.90 bits per heavy atom. The summed E-state index contributed by atoms with van der Waals surface area (Å²) < 4.78 is 21.9. The summed E-state index contributed by atoms with van der Waals surface area (Å²) in [5.41, 5.74) is 0. The molecule has 0 aliphatic heterocycles. The zero-order chi connectivity index (χ0) is 8.20. The number of nitrogens with one attached hydrogen (secondary N) is 1. The van der Waals surface area contributed by atoms with Crippen LogP contribution in [0.5, 0.6) is 0 Å². The Morgan fingerprint density at radius 2 is 1.80 bits per heavy atom. The van der Waals surface area contributed by atoms with Gasteiger partial charge in [0.05, 0.1) is 5.25 Å². The monoisotopic (exact) mass is 166 g/mol. The van der Waals surface area contributed by atoms with Crippen molar-refractivity contribution in [1.82, 2.24) is 4.83 Å². The summed E-state index contributed by atoms with van der Waals surface area (Å²) in [6.07, 6.45) is 1.20. The third-order valence-corrected chi connectivity index (χ3v) is 3.39. The minimum atomic E-state index is -3.23. The predicted molar refractivity (Wildman–Crippen MR) is 40.6 cm³/mol. The molecule has 4 nitrogen and oxygen atoms in total. The standard InChI is InChI=1S/C5H14N2O2S/c1-3-5(4-2)10(8,9)7-6/h5,7H,3-4,6H2,1-2H3. The maximum absolute atomic E-state index is 10.9.